The van der Waals surface area contributed by atoms with Crippen molar-refractivity contribution >= 4 is 5.82 Å². The molecular weight excluding hydrogens is 248 g/mol. The highest BCUT2D eigenvalue weighted by molar-refractivity contribution is 5.50. The molecule has 0 saturated heterocycles. The predicted octanol–water partition coefficient (Wildman–Crippen LogP) is 2.49. The highest BCUT2D eigenvalue weighted by atomic mass is 16.2. The lowest BCUT2D eigenvalue weighted by Gasteiger charge is -2.31. The second-order valence-electron chi connectivity index (χ2n) is 5.40. The summed E-state index contributed by atoms with van der Waals surface area (Å²) in [4.78, 5) is 6.96. The van der Waals surface area contributed by atoms with Crippen molar-refractivity contribution in [3.05, 3.63) is 58.8 Å². The monoisotopic (exact) mass is 268 g/mol. The average Bonchev–Trinajstić information content (AvgIpc) is 2.47. The van der Waals surface area contributed by atoms with E-state index in [1.54, 1.807) is 0 Å². The fourth-order valence-corrected chi connectivity index (χ4v) is 2.90. The second kappa shape index (κ2) is 5.63. The van der Waals surface area contributed by atoms with Gasteiger partial charge >= 0.3 is 0 Å². The minimum atomic E-state index is 0.178. The summed E-state index contributed by atoms with van der Waals surface area (Å²) in [6.45, 7) is 4.23. The Bertz CT molecular complexity index is 610. The summed E-state index contributed by atoms with van der Waals surface area (Å²) in [5.74, 6) is 1.07. The van der Waals surface area contributed by atoms with Crippen molar-refractivity contribution in [3.63, 3.8) is 0 Å². The van der Waals surface area contributed by atoms with Crippen LogP contribution in [0.15, 0.2) is 36.5 Å². The molecule has 0 aliphatic carbocycles. The molecule has 1 aromatic heterocycles. The lowest BCUT2D eigenvalue weighted by atomic mass is 9.99. The van der Waals surface area contributed by atoms with E-state index in [4.69, 9.17) is 5.11 Å². The summed E-state index contributed by atoms with van der Waals surface area (Å²) in [5, 5.41) is 9.00. The van der Waals surface area contributed by atoms with Gasteiger partial charge < -0.3 is 10.0 Å². The normalized spacial score (nSPS) is 14.2. The number of hydrogen-bond donors (Lipinski definition) is 1. The number of rotatable bonds is 3. The number of aliphatic hydroxyl groups is 1. The molecule has 1 aromatic carbocycles. The summed E-state index contributed by atoms with van der Waals surface area (Å²) in [7, 11) is 0. The summed E-state index contributed by atoms with van der Waals surface area (Å²) in [6.07, 6.45) is 3.64. The molecule has 0 saturated carbocycles. The van der Waals surface area contributed by atoms with Gasteiger partial charge in [-0.15, -0.1) is 0 Å². The quantitative estimate of drug-likeness (QED) is 0.929. The Kier molecular flexibility index (Phi) is 3.70. The fourth-order valence-electron chi connectivity index (χ4n) is 2.90. The molecule has 0 bridgehead atoms. The Morgan fingerprint density at radius 1 is 1.25 bits per heavy atom. The summed E-state index contributed by atoms with van der Waals surface area (Å²) < 4.78 is 0. The van der Waals surface area contributed by atoms with Crippen molar-refractivity contribution in [2.45, 2.75) is 26.3 Å². The highest BCUT2D eigenvalue weighted by Crippen LogP contribution is 2.25. The van der Waals surface area contributed by atoms with E-state index in [2.05, 4.69) is 47.1 Å². The number of aliphatic hydroxyl groups excluding tert-OH is 1. The van der Waals surface area contributed by atoms with E-state index >= 15 is 0 Å². The molecule has 3 heteroatoms. The van der Waals surface area contributed by atoms with Crippen LogP contribution < -0.4 is 4.90 Å². The first-order valence-electron chi connectivity index (χ1n) is 7.16. The van der Waals surface area contributed by atoms with Crippen LogP contribution >= 0.6 is 0 Å². The molecule has 1 aliphatic heterocycles. The lowest BCUT2D eigenvalue weighted by Crippen LogP contribution is -2.31. The van der Waals surface area contributed by atoms with E-state index in [1.165, 1.54) is 16.7 Å². The predicted molar refractivity (Wildman–Crippen MR) is 81.0 cm³/mol. The van der Waals surface area contributed by atoms with E-state index in [-0.39, 0.29) is 6.61 Å². The zero-order valence-electron chi connectivity index (χ0n) is 11.8. The first kappa shape index (κ1) is 13.1. The number of pyridine rings is 1. The Morgan fingerprint density at radius 3 is 2.80 bits per heavy atom. The Morgan fingerprint density at radius 2 is 2.05 bits per heavy atom. The molecule has 3 nitrogen and oxygen atoms in total. The molecule has 1 aliphatic rings. The average molecular weight is 268 g/mol. The minimum absolute atomic E-state index is 0.178. The maximum atomic E-state index is 9.00. The maximum absolute atomic E-state index is 9.00. The Balaban J connectivity index is 1.84. The van der Waals surface area contributed by atoms with Gasteiger partial charge in [-0.25, -0.2) is 4.98 Å². The first-order chi connectivity index (χ1) is 9.78. The molecule has 2 heterocycles. The third-order valence-corrected chi connectivity index (χ3v) is 3.94. The van der Waals surface area contributed by atoms with Gasteiger partial charge in [-0.05, 0) is 42.0 Å². The lowest BCUT2D eigenvalue weighted by molar-refractivity contribution is 0.299. The number of aromatic nitrogens is 1. The van der Waals surface area contributed by atoms with E-state index in [0.717, 1.165) is 30.9 Å². The number of benzene rings is 1. The summed E-state index contributed by atoms with van der Waals surface area (Å²) in [5.41, 5.74) is 5.15. The van der Waals surface area contributed by atoms with Gasteiger partial charge in [0.2, 0.25) is 0 Å². The van der Waals surface area contributed by atoms with Crippen LogP contribution in [-0.2, 0) is 19.4 Å². The number of hydrogen-bond acceptors (Lipinski definition) is 3. The van der Waals surface area contributed by atoms with Gasteiger partial charge in [-0.2, -0.15) is 0 Å². The molecule has 20 heavy (non-hydrogen) atoms. The highest BCUT2D eigenvalue weighted by Gasteiger charge is 2.18. The first-order valence-corrected chi connectivity index (χ1v) is 7.16. The summed E-state index contributed by atoms with van der Waals surface area (Å²) in [6, 6.07) is 10.8. The van der Waals surface area contributed by atoms with Crippen LogP contribution in [0.25, 0.3) is 0 Å². The fraction of sp³-hybridized carbons (Fsp3) is 0.353. The van der Waals surface area contributed by atoms with Gasteiger partial charge in [0.1, 0.15) is 5.82 Å². The van der Waals surface area contributed by atoms with Crippen molar-refractivity contribution in [3.8, 4) is 0 Å². The zero-order valence-corrected chi connectivity index (χ0v) is 11.8. The SMILES string of the molecule is Cc1cc(CCO)cnc1N1CCc2ccccc2C1. The molecule has 3 rings (SSSR count). The van der Waals surface area contributed by atoms with E-state index in [1.807, 2.05) is 6.20 Å². The van der Waals surface area contributed by atoms with E-state index < -0.39 is 0 Å². The topological polar surface area (TPSA) is 36.4 Å². The molecular formula is C17H20N2O. The molecule has 0 radical (unpaired) electrons. The van der Waals surface area contributed by atoms with Gasteiger partial charge in [0.15, 0.2) is 0 Å². The van der Waals surface area contributed by atoms with Crippen molar-refractivity contribution in [1.82, 2.24) is 4.98 Å². The van der Waals surface area contributed by atoms with Crippen molar-refractivity contribution in [2.75, 3.05) is 18.1 Å². The smallest absolute Gasteiger partial charge is 0.131 e. The molecule has 104 valence electrons. The van der Waals surface area contributed by atoms with Crippen molar-refractivity contribution in [1.29, 1.82) is 0 Å². The largest absolute Gasteiger partial charge is 0.396 e. The number of nitrogens with zero attached hydrogens (tertiary/aromatic N) is 2. The van der Waals surface area contributed by atoms with Crippen LogP contribution in [0, 0.1) is 6.92 Å². The third kappa shape index (κ3) is 2.54. The van der Waals surface area contributed by atoms with Crippen LogP contribution in [-0.4, -0.2) is 23.2 Å². The van der Waals surface area contributed by atoms with E-state index in [0.29, 0.717) is 6.42 Å². The van der Waals surface area contributed by atoms with Gasteiger partial charge in [-0.3, -0.25) is 0 Å². The number of anilines is 1. The Labute approximate surface area is 119 Å². The molecule has 0 amide bonds. The van der Waals surface area contributed by atoms with E-state index in [9.17, 15) is 0 Å². The molecule has 1 N–H and O–H groups in total. The maximum Gasteiger partial charge on any atom is 0.131 e. The van der Waals surface area contributed by atoms with Gasteiger partial charge in [0.25, 0.3) is 0 Å². The number of fused-ring (bicyclic) bond motifs is 1. The van der Waals surface area contributed by atoms with Crippen molar-refractivity contribution < 1.29 is 5.11 Å². The minimum Gasteiger partial charge on any atom is -0.396 e. The molecule has 2 aromatic rings. The molecule has 0 atom stereocenters. The van der Waals surface area contributed by atoms with Crippen LogP contribution in [0.2, 0.25) is 0 Å². The summed E-state index contributed by atoms with van der Waals surface area (Å²) >= 11 is 0. The molecule has 0 unspecified atom stereocenters. The second-order valence-corrected chi connectivity index (χ2v) is 5.40. The third-order valence-electron chi connectivity index (χ3n) is 3.94. The molecule has 0 fully saturated rings. The van der Waals surface area contributed by atoms with Crippen molar-refractivity contribution in [2.24, 2.45) is 0 Å². The Hall–Kier alpha value is -1.87. The van der Waals surface area contributed by atoms with Crippen LogP contribution in [0.3, 0.4) is 0 Å². The molecule has 0 spiro atoms. The van der Waals surface area contributed by atoms with Gasteiger partial charge in [-0.1, -0.05) is 30.3 Å². The zero-order chi connectivity index (χ0) is 13.9. The van der Waals surface area contributed by atoms with Crippen LogP contribution in [0.1, 0.15) is 22.3 Å². The van der Waals surface area contributed by atoms with Crippen LogP contribution in [0.5, 0.6) is 0 Å². The number of aryl methyl sites for hydroxylation is 1. The van der Waals surface area contributed by atoms with Gasteiger partial charge in [0, 0.05) is 25.9 Å². The van der Waals surface area contributed by atoms with Gasteiger partial charge in [0.05, 0.1) is 0 Å². The standard InChI is InChI=1S/C17H20N2O/c1-13-10-14(7-9-20)11-18-17(13)19-8-6-15-4-2-3-5-16(15)12-19/h2-5,10-11,20H,6-9,12H2,1H3. The van der Waals surface area contributed by atoms with Crippen LogP contribution in [0.4, 0.5) is 5.82 Å².